The van der Waals surface area contributed by atoms with Crippen molar-refractivity contribution in [2.24, 2.45) is 0 Å². The standard InChI is InChI=1S/C20H23ClN2O3/c1-3-7-14-15(8-4-2)23(14)18-17(22-16(24)11-21)19(25)12-9-5-6-10-13(12)20(18)26/h5-6,9-10,14-15H,3-4,7-8,11H2,1-2H3,(H,22,24)/t14-,15-/m0/s1. The monoisotopic (exact) mass is 374 g/mol. The zero-order chi connectivity index (χ0) is 18.8. The predicted molar refractivity (Wildman–Crippen MR) is 100 cm³/mol. The fourth-order valence-corrected chi connectivity index (χ4v) is 3.89. The Bertz CT molecular complexity index is 775. The van der Waals surface area contributed by atoms with Gasteiger partial charge in [-0.15, -0.1) is 11.6 Å². The van der Waals surface area contributed by atoms with Crippen LogP contribution in [0.5, 0.6) is 0 Å². The molecule has 2 aliphatic rings. The third-order valence-corrected chi connectivity index (χ3v) is 5.22. The maximum atomic E-state index is 13.2. The third-order valence-electron chi connectivity index (χ3n) is 4.98. The van der Waals surface area contributed by atoms with Crippen molar-refractivity contribution < 1.29 is 14.4 Å². The molecule has 0 radical (unpaired) electrons. The van der Waals surface area contributed by atoms with E-state index >= 15 is 0 Å². The van der Waals surface area contributed by atoms with Crippen molar-refractivity contribution in [1.82, 2.24) is 10.2 Å². The first-order chi connectivity index (χ1) is 12.5. The van der Waals surface area contributed by atoms with Gasteiger partial charge >= 0.3 is 0 Å². The molecular weight excluding hydrogens is 352 g/mol. The number of fused-ring (bicyclic) bond motifs is 1. The maximum Gasteiger partial charge on any atom is 0.239 e. The van der Waals surface area contributed by atoms with E-state index in [2.05, 4.69) is 19.2 Å². The van der Waals surface area contributed by atoms with Gasteiger partial charge in [-0.25, -0.2) is 0 Å². The molecule has 0 bridgehead atoms. The molecule has 2 atom stereocenters. The summed E-state index contributed by atoms with van der Waals surface area (Å²) in [6.45, 7) is 4.21. The highest BCUT2D eigenvalue weighted by molar-refractivity contribution is 6.30. The summed E-state index contributed by atoms with van der Waals surface area (Å²) in [5, 5.41) is 2.58. The van der Waals surface area contributed by atoms with Crippen molar-refractivity contribution >= 4 is 29.1 Å². The lowest BCUT2D eigenvalue weighted by Gasteiger charge is -2.23. The summed E-state index contributed by atoms with van der Waals surface area (Å²) in [7, 11) is 0. The molecule has 1 aliphatic heterocycles. The van der Waals surface area contributed by atoms with E-state index in [1.165, 1.54) is 0 Å². The molecule has 1 saturated heterocycles. The summed E-state index contributed by atoms with van der Waals surface area (Å²) in [5.41, 5.74) is 1.11. The Morgan fingerprint density at radius 2 is 1.58 bits per heavy atom. The Morgan fingerprint density at radius 1 is 1.04 bits per heavy atom. The molecule has 0 saturated carbocycles. The lowest BCUT2D eigenvalue weighted by atomic mass is 9.90. The van der Waals surface area contributed by atoms with Gasteiger partial charge in [0.05, 0.1) is 0 Å². The van der Waals surface area contributed by atoms with Crippen LogP contribution in [0.15, 0.2) is 35.7 Å². The highest BCUT2D eigenvalue weighted by atomic mass is 35.5. The topological polar surface area (TPSA) is 66.2 Å². The number of nitrogens with one attached hydrogen (secondary N) is 1. The number of alkyl halides is 1. The van der Waals surface area contributed by atoms with Crippen molar-refractivity contribution in [3.05, 3.63) is 46.8 Å². The van der Waals surface area contributed by atoms with E-state index in [1.807, 2.05) is 4.90 Å². The molecule has 0 spiro atoms. The second-order valence-electron chi connectivity index (χ2n) is 6.73. The van der Waals surface area contributed by atoms with E-state index in [9.17, 15) is 14.4 Å². The van der Waals surface area contributed by atoms with Gasteiger partial charge in [-0.1, -0.05) is 51.0 Å². The minimum absolute atomic E-state index is 0.0686. The maximum absolute atomic E-state index is 13.2. The third kappa shape index (κ3) is 3.16. The van der Waals surface area contributed by atoms with Crippen LogP contribution in [-0.4, -0.2) is 40.3 Å². The normalized spacial score (nSPS) is 21.7. The van der Waals surface area contributed by atoms with E-state index in [0.29, 0.717) is 16.8 Å². The smallest absolute Gasteiger partial charge is 0.239 e. The van der Waals surface area contributed by atoms with Gasteiger partial charge in [-0.2, -0.15) is 0 Å². The molecule has 1 aliphatic carbocycles. The number of allylic oxidation sites excluding steroid dienone is 2. The minimum atomic E-state index is -0.486. The molecule has 138 valence electrons. The van der Waals surface area contributed by atoms with Gasteiger partial charge in [0.1, 0.15) is 17.3 Å². The molecule has 26 heavy (non-hydrogen) atoms. The van der Waals surface area contributed by atoms with E-state index in [-0.39, 0.29) is 35.2 Å². The SMILES string of the molecule is CCC[C@H]1[C@H](CCC)N1C1=C(NC(=O)CCl)C(=O)c2ccccc2C1=O. The molecule has 5 nitrogen and oxygen atoms in total. The van der Waals surface area contributed by atoms with Gasteiger partial charge in [0.2, 0.25) is 17.5 Å². The Labute approximate surface area is 158 Å². The van der Waals surface area contributed by atoms with Crippen LogP contribution in [0.25, 0.3) is 0 Å². The minimum Gasteiger partial charge on any atom is -0.356 e. The van der Waals surface area contributed by atoms with E-state index < -0.39 is 5.91 Å². The number of hydrogen-bond donors (Lipinski definition) is 1. The highest BCUT2D eigenvalue weighted by Gasteiger charge is 2.51. The van der Waals surface area contributed by atoms with Gasteiger partial charge in [-0.05, 0) is 12.8 Å². The van der Waals surface area contributed by atoms with Crippen LogP contribution in [0.3, 0.4) is 0 Å². The Morgan fingerprint density at radius 3 is 2.08 bits per heavy atom. The summed E-state index contributed by atoms with van der Waals surface area (Å²) >= 11 is 5.61. The molecule has 1 N–H and O–H groups in total. The highest BCUT2D eigenvalue weighted by Crippen LogP contribution is 2.43. The molecule has 0 aromatic heterocycles. The first kappa shape index (κ1) is 18.6. The lowest BCUT2D eigenvalue weighted by molar-refractivity contribution is -0.118. The van der Waals surface area contributed by atoms with Crippen LogP contribution in [-0.2, 0) is 4.79 Å². The van der Waals surface area contributed by atoms with Gasteiger partial charge in [-0.3, -0.25) is 14.4 Å². The Hall–Kier alpha value is -2.14. The van der Waals surface area contributed by atoms with Crippen LogP contribution in [0.4, 0.5) is 0 Å². The van der Waals surface area contributed by atoms with Crippen LogP contribution in [0.1, 0.15) is 60.2 Å². The molecule has 1 heterocycles. The molecule has 1 amide bonds. The molecule has 6 heteroatoms. The average Bonchev–Trinajstić information content (AvgIpc) is 3.31. The molecule has 1 aromatic carbocycles. The van der Waals surface area contributed by atoms with Crippen LogP contribution in [0, 0.1) is 0 Å². The zero-order valence-corrected chi connectivity index (χ0v) is 15.8. The number of carbonyl (C=O) groups is 3. The zero-order valence-electron chi connectivity index (χ0n) is 15.0. The fourth-order valence-electron chi connectivity index (χ4n) is 3.82. The number of halogens is 1. The molecule has 1 aromatic rings. The fraction of sp³-hybridized carbons (Fsp3) is 0.450. The predicted octanol–water partition coefficient (Wildman–Crippen LogP) is 3.29. The number of amides is 1. The summed E-state index contributed by atoms with van der Waals surface area (Å²) in [6, 6.07) is 7.23. The molecule has 0 unspecified atom stereocenters. The van der Waals surface area contributed by atoms with Gasteiger partial charge < -0.3 is 10.2 Å². The number of Topliss-reactive ketones (excluding diaryl/α,β-unsaturated/α-hetero) is 2. The largest absolute Gasteiger partial charge is 0.356 e. The Balaban J connectivity index is 2.07. The summed E-state index contributed by atoms with van der Waals surface area (Å²) in [4.78, 5) is 40.1. The van der Waals surface area contributed by atoms with E-state index in [0.717, 1.165) is 25.7 Å². The van der Waals surface area contributed by atoms with Crippen molar-refractivity contribution in [2.75, 3.05) is 5.88 Å². The van der Waals surface area contributed by atoms with Gasteiger partial charge in [0, 0.05) is 23.2 Å². The first-order valence-electron chi connectivity index (χ1n) is 9.11. The first-order valence-corrected chi connectivity index (χ1v) is 9.65. The average molecular weight is 375 g/mol. The summed E-state index contributed by atoms with van der Waals surface area (Å²) in [6.07, 6.45) is 3.90. The number of rotatable bonds is 7. The van der Waals surface area contributed by atoms with Crippen molar-refractivity contribution in [3.8, 4) is 0 Å². The number of carbonyl (C=O) groups excluding carboxylic acids is 3. The quantitative estimate of drug-likeness (QED) is 0.587. The van der Waals surface area contributed by atoms with Crippen LogP contribution < -0.4 is 5.32 Å². The number of nitrogens with zero attached hydrogens (tertiary/aromatic N) is 1. The number of benzene rings is 1. The van der Waals surface area contributed by atoms with E-state index in [1.54, 1.807) is 24.3 Å². The molecule has 3 rings (SSSR count). The van der Waals surface area contributed by atoms with Crippen molar-refractivity contribution in [2.45, 2.75) is 51.6 Å². The van der Waals surface area contributed by atoms with E-state index in [4.69, 9.17) is 11.6 Å². The lowest BCUT2D eigenvalue weighted by Crippen LogP contribution is -2.37. The second kappa shape index (κ2) is 7.62. The molecular formula is C20H23ClN2O3. The van der Waals surface area contributed by atoms with Crippen molar-refractivity contribution in [3.63, 3.8) is 0 Å². The molecule has 1 fully saturated rings. The van der Waals surface area contributed by atoms with Crippen LogP contribution in [0.2, 0.25) is 0 Å². The second-order valence-corrected chi connectivity index (χ2v) is 7.00. The number of ketones is 2. The number of hydrogen-bond acceptors (Lipinski definition) is 4. The Kier molecular flexibility index (Phi) is 5.47. The summed E-state index contributed by atoms with van der Waals surface area (Å²) in [5.74, 6) is -1.28. The van der Waals surface area contributed by atoms with Crippen LogP contribution >= 0.6 is 11.6 Å². The summed E-state index contributed by atoms with van der Waals surface area (Å²) < 4.78 is 0. The van der Waals surface area contributed by atoms with Gasteiger partial charge in [0.15, 0.2) is 0 Å². The van der Waals surface area contributed by atoms with Crippen molar-refractivity contribution in [1.29, 1.82) is 0 Å². The van der Waals surface area contributed by atoms with Gasteiger partial charge in [0.25, 0.3) is 0 Å².